The van der Waals surface area contributed by atoms with Crippen molar-refractivity contribution in [2.45, 2.75) is 58.6 Å². The van der Waals surface area contributed by atoms with Crippen LogP contribution in [0, 0.1) is 11.7 Å². The number of carbonyl (C=O) groups is 1. The Balaban J connectivity index is 1.71. The molecular formula is C34H37FN2O2. The molecule has 1 fully saturated rings. The number of nitrogens with zero attached hydrogens (tertiary/aromatic N) is 1. The molecule has 2 atom stereocenters. The standard InChI is InChI=1S/C34H37FN2O2/c1-23(2)32-31(34(38)36-28-12-8-5-9-13-28)30(25-10-6-4-7-11-25)33(26-14-16-27(35)17-15-26)37(32)20-18-29-22-24(3)19-21-39-29/h4-17,23-24,29H,18-22H2,1-3H3,(H,36,38)/t24-,29+/m0/s1. The van der Waals surface area contributed by atoms with Gasteiger partial charge in [0, 0.05) is 30.1 Å². The molecule has 5 heteroatoms. The van der Waals surface area contributed by atoms with Crippen LogP contribution in [-0.2, 0) is 11.3 Å². The van der Waals surface area contributed by atoms with E-state index in [2.05, 4.69) is 30.7 Å². The van der Waals surface area contributed by atoms with Crippen molar-refractivity contribution in [3.63, 3.8) is 0 Å². The second-order valence-corrected chi connectivity index (χ2v) is 10.9. The molecule has 39 heavy (non-hydrogen) atoms. The summed E-state index contributed by atoms with van der Waals surface area (Å²) >= 11 is 0. The highest BCUT2D eigenvalue weighted by Crippen LogP contribution is 2.43. The predicted octanol–water partition coefficient (Wildman–Crippen LogP) is 8.54. The molecule has 0 bridgehead atoms. The number of para-hydroxylation sites is 1. The number of carbonyl (C=O) groups excluding carboxylic acids is 1. The highest BCUT2D eigenvalue weighted by Gasteiger charge is 2.31. The molecule has 1 aliphatic rings. The minimum Gasteiger partial charge on any atom is -0.378 e. The number of ether oxygens (including phenoxy) is 1. The van der Waals surface area contributed by atoms with Crippen molar-refractivity contribution < 1.29 is 13.9 Å². The smallest absolute Gasteiger partial charge is 0.258 e. The third-order valence-electron chi connectivity index (χ3n) is 7.59. The van der Waals surface area contributed by atoms with E-state index >= 15 is 0 Å². The van der Waals surface area contributed by atoms with Crippen LogP contribution in [0.1, 0.15) is 62.0 Å². The van der Waals surface area contributed by atoms with E-state index in [1.807, 2.05) is 72.8 Å². The molecule has 1 amide bonds. The van der Waals surface area contributed by atoms with E-state index < -0.39 is 0 Å². The second kappa shape index (κ2) is 12.0. The maximum absolute atomic E-state index is 14.1. The summed E-state index contributed by atoms with van der Waals surface area (Å²) in [6, 6.07) is 26.2. The van der Waals surface area contributed by atoms with Gasteiger partial charge < -0.3 is 14.6 Å². The first-order valence-corrected chi connectivity index (χ1v) is 14.0. The van der Waals surface area contributed by atoms with Gasteiger partial charge in [-0.15, -0.1) is 0 Å². The van der Waals surface area contributed by atoms with E-state index in [-0.39, 0.29) is 23.7 Å². The molecule has 4 aromatic rings. The lowest BCUT2D eigenvalue weighted by Gasteiger charge is -2.28. The van der Waals surface area contributed by atoms with Crippen LogP contribution in [0.3, 0.4) is 0 Å². The number of benzene rings is 3. The summed E-state index contributed by atoms with van der Waals surface area (Å²) in [6.45, 7) is 8.05. The third kappa shape index (κ3) is 5.99. The monoisotopic (exact) mass is 524 g/mol. The van der Waals surface area contributed by atoms with Gasteiger partial charge in [-0.05, 0) is 78.6 Å². The molecule has 5 rings (SSSR count). The largest absolute Gasteiger partial charge is 0.378 e. The van der Waals surface area contributed by atoms with E-state index in [1.165, 1.54) is 12.1 Å². The van der Waals surface area contributed by atoms with Crippen molar-refractivity contribution in [2.24, 2.45) is 5.92 Å². The molecule has 0 unspecified atom stereocenters. The Hall–Kier alpha value is -3.70. The van der Waals surface area contributed by atoms with Crippen LogP contribution in [-0.4, -0.2) is 23.2 Å². The molecule has 0 radical (unpaired) electrons. The van der Waals surface area contributed by atoms with Crippen LogP contribution in [0.5, 0.6) is 0 Å². The van der Waals surface area contributed by atoms with Gasteiger partial charge in [-0.3, -0.25) is 4.79 Å². The lowest BCUT2D eigenvalue weighted by atomic mass is 9.94. The van der Waals surface area contributed by atoms with Gasteiger partial charge in [0.25, 0.3) is 5.91 Å². The third-order valence-corrected chi connectivity index (χ3v) is 7.59. The quantitative estimate of drug-likeness (QED) is 0.251. The molecule has 0 aliphatic carbocycles. The van der Waals surface area contributed by atoms with Crippen molar-refractivity contribution >= 4 is 11.6 Å². The number of aromatic nitrogens is 1. The first-order chi connectivity index (χ1) is 18.9. The fourth-order valence-electron chi connectivity index (χ4n) is 5.75. The molecule has 3 aromatic carbocycles. The molecule has 0 saturated carbocycles. The average Bonchev–Trinajstić information content (AvgIpc) is 3.29. The molecule has 1 N–H and O–H groups in total. The Bertz CT molecular complexity index is 1390. The van der Waals surface area contributed by atoms with Crippen LogP contribution in [0.2, 0.25) is 0 Å². The summed E-state index contributed by atoms with van der Waals surface area (Å²) in [5.41, 5.74) is 6.04. The van der Waals surface area contributed by atoms with Gasteiger partial charge in [0.2, 0.25) is 0 Å². The molecule has 2 heterocycles. The Morgan fingerprint density at radius 1 is 0.974 bits per heavy atom. The van der Waals surface area contributed by atoms with Gasteiger partial charge in [0.15, 0.2) is 0 Å². The fourth-order valence-corrected chi connectivity index (χ4v) is 5.75. The maximum atomic E-state index is 14.1. The number of hydrogen-bond acceptors (Lipinski definition) is 2. The first-order valence-electron chi connectivity index (χ1n) is 14.0. The van der Waals surface area contributed by atoms with E-state index in [0.29, 0.717) is 18.0 Å². The van der Waals surface area contributed by atoms with Gasteiger partial charge in [0.1, 0.15) is 5.82 Å². The van der Waals surface area contributed by atoms with E-state index in [0.717, 1.165) is 59.6 Å². The Morgan fingerprint density at radius 2 is 1.64 bits per heavy atom. The summed E-state index contributed by atoms with van der Waals surface area (Å²) in [5.74, 6) is 0.285. The molecule has 1 aliphatic heterocycles. The minimum atomic E-state index is -0.283. The Kier molecular flexibility index (Phi) is 8.27. The Labute approximate surface area is 230 Å². The first kappa shape index (κ1) is 26.9. The fraction of sp³-hybridized carbons (Fsp3) is 0.324. The number of anilines is 1. The van der Waals surface area contributed by atoms with Crippen molar-refractivity contribution in [2.75, 3.05) is 11.9 Å². The number of halogens is 1. The summed E-state index contributed by atoms with van der Waals surface area (Å²) in [7, 11) is 0. The van der Waals surface area contributed by atoms with E-state index in [1.54, 1.807) is 0 Å². The van der Waals surface area contributed by atoms with Gasteiger partial charge in [-0.1, -0.05) is 69.3 Å². The second-order valence-electron chi connectivity index (χ2n) is 10.9. The summed E-state index contributed by atoms with van der Waals surface area (Å²) in [4.78, 5) is 14.1. The highest BCUT2D eigenvalue weighted by molar-refractivity contribution is 6.12. The van der Waals surface area contributed by atoms with Gasteiger partial charge in [-0.2, -0.15) is 0 Å². The average molecular weight is 525 g/mol. The molecule has 202 valence electrons. The normalized spacial score (nSPS) is 17.4. The van der Waals surface area contributed by atoms with Gasteiger partial charge in [0.05, 0.1) is 17.4 Å². The Morgan fingerprint density at radius 3 is 2.28 bits per heavy atom. The molecule has 1 aromatic heterocycles. The number of nitrogens with one attached hydrogen (secondary N) is 1. The molecule has 4 nitrogen and oxygen atoms in total. The minimum absolute atomic E-state index is 0.0735. The summed E-state index contributed by atoms with van der Waals surface area (Å²) < 4.78 is 22.5. The summed E-state index contributed by atoms with van der Waals surface area (Å²) in [6.07, 6.45) is 3.16. The zero-order chi connectivity index (χ0) is 27.4. The molecule has 0 spiro atoms. The SMILES string of the molecule is CC(C)c1c(C(=O)Nc2ccccc2)c(-c2ccccc2)c(-c2ccc(F)cc2)n1CC[C@@H]1C[C@@H](C)CCO1. The van der Waals surface area contributed by atoms with Crippen molar-refractivity contribution in [3.8, 4) is 22.4 Å². The molecule has 1 saturated heterocycles. The number of rotatable bonds is 8. The predicted molar refractivity (Wildman–Crippen MR) is 157 cm³/mol. The lowest BCUT2D eigenvalue weighted by Crippen LogP contribution is -2.26. The highest BCUT2D eigenvalue weighted by atomic mass is 19.1. The van der Waals surface area contributed by atoms with Crippen LogP contribution >= 0.6 is 0 Å². The molecular weight excluding hydrogens is 487 g/mol. The van der Waals surface area contributed by atoms with Crippen molar-refractivity contribution in [1.29, 1.82) is 0 Å². The number of amides is 1. The van der Waals surface area contributed by atoms with Crippen molar-refractivity contribution in [3.05, 3.63) is 102 Å². The maximum Gasteiger partial charge on any atom is 0.258 e. The van der Waals surface area contributed by atoms with Crippen LogP contribution in [0.4, 0.5) is 10.1 Å². The van der Waals surface area contributed by atoms with Crippen LogP contribution in [0.15, 0.2) is 84.9 Å². The zero-order valence-corrected chi connectivity index (χ0v) is 23.0. The van der Waals surface area contributed by atoms with Crippen LogP contribution < -0.4 is 5.32 Å². The lowest BCUT2D eigenvalue weighted by molar-refractivity contribution is -0.0114. The zero-order valence-electron chi connectivity index (χ0n) is 23.0. The van der Waals surface area contributed by atoms with E-state index in [9.17, 15) is 9.18 Å². The van der Waals surface area contributed by atoms with Gasteiger partial charge in [-0.25, -0.2) is 4.39 Å². The number of hydrogen-bond donors (Lipinski definition) is 1. The van der Waals surface area contributed by atoms with Crippen molar-refractivity contribution in [1.82, 2.24) is 4.57 Å². The summed E-state index contributed by atoms with van der Waals surface area (Å²) in [5, 5.41) is 3.14. The van der Waals surface area contributed by atoms with Gasteiger partial charge >= 0.3 is 0 Å². The topological polar surface area (TPSA) is 43.3 Å². The van der Waals surface area contributed by atoms with Crippen LogP contribution in [0.25, 0.3) is 22.4 Å². The van der Waals surface area contributed by atoms with E-state index in [4.69, 9.17) is 4.74 Å².